The number of rotatable bonds is 7. The lowest BCUT2D eigenvalue weighted by Crippen LogP contribution is -2.44. The Labute approximate surface area is 102 Å². The molecule has 0 heterocycles. The molecule has 0 bridgehead atoms. The van der Waals surface area contributed by atoms with Crippen molar-refractivity contribution in [3.63, 3.8) is 0 Å². The normalized spacial score (nSPS) is 9.76. The standard InChI is InChI=1S/C12H20N2O3/c1-4-5-8-13-12(17)14(10(2)3)9-6-7-11(15)16/h1,10H,5-9H2,2-3H3,(H,13,17)(H,15,16). The molecule has 0 aromatic heterocycles. The zero-order valence-electron chi connectivity index (χ0n) is 10.4. The Bertz CT molecular complexity index is 295. The zero-order chi connectivity index (χ0) is 13.3. The summed E-state index contributed by atoms with van der Waals surface area (Å²) >= 11 is 0. The number of carbonyl (C=O) groups is 2. The molecule has 0 radical (unpaired) electrons. The number of hydrogen-bond acceptors (Lipinski definition) is 2. The second-order valence-electron chi connectivity index (χ2n) is 3.97. The molecule has 0 aliphatic rings. The van der Waals surface area contributed by atoms with Crippen LogP contribution in [0.5, 0.6) is 0 Å². The van der Waals surface area contributed by atoms with E-state index in [2.05, 4.69) is 11.2 Å². The maximum Gasteiger partial charge on any atom is 0.317 e. The second-order valence-corrected chi connectivity index (χ2v) is 3.97. The smallest absolute Gasteiger partial charge is 0.317 e. The molecule has 0 fully saturated rings. The molecule has 0 rings (SSSR count). The van der Waals surface area contributed by atoms with E-state index in [9.17, 15) is 9.59 Å². The average molecular weight is 240 g/mol. The Morgan fingerprint density at radius 1 is 1.47 bits per heavy atom. The van der Waals surface area contributed by atoms with Crippen molar-refractivity contribution in [3.05, 3.63) is 0 Å². The topological polar surface area (TPSA) is 69.6 Å². The van der Waals surface area contributed by atoms with Crippen LogP contribution in [0.2, 0.25) is 0 Å². The summed E-state index contributed by atoms with van der Waals surface area (Å²) in [7, 11) is 0. The summed E-state index contributed by atoms with van der Waals surface area (Å²) in [6.45, 7) is 4.66. The van der Waals surface area contributed by atoms with Crippen molar-refractivity contribution in [3.8, 4) is 12.3 Å². The Morgan fingerprint density at radius 3 is 2.59 bits per heavy atom. The summed E-state index contributed by atoms with van der Waals surface area (Å²) in [4.78, 5) is 23.7. The lowest BCUT2D eigenvalue weighted by molar-refractivity contribution is -0.137. The minimum Gasteiger partial charge on any atom is -0.481 e. The Morgan fingerprint density at radius 2 is 2.12 bits per heavy atom. The van der Waals surface area contributed by atoms with Crippen molar-refractivity contribution in [2.24, 2.45) is 0 Å². The van der Waals surface area contributed by atoms with Crippen molar-refractivity contribution in [2.45, 2.75) is 39.2 Å². The number of terminal acetylenes is 1. The van der Waals surface area contributed by atoms with Gasteiger partial charge in [-0.15, -0.1) is 12.3 Å². The molecule has 0 aliphatic heterocycles. The molecule has 0 aromatic rings. The number of nitrogens with zero attached hydrogens (tertiary/aromatic N) is 1. The molecule has 0 aromatic carbocycles. The third kappa shape index (κ3) is 7.23. The average Bonchev–Trinajstić information content (AvgIpc) is 2.23. The fourth-order valence-electron chi connectivity index (χ4n) is 1.34. The number of aliphatic carboxylic acids is 1. The molecule has 0 saturated carbocycles. The van der Waals surface area contributed by atoms with Crippen LogP contribution in [0.15, 0.2) is 0 Å². The van der Waals surface area contributed by atoms with E-state index in [0.717, 1.165) is 0 Å². The Kier molecular flexibility index (Phi) is 7.61. The number of carbonyl (C=O) groups excluding carboxylic acids is 1. The van der Waals surface area contributed by atoms with Gasteiger partial charge in [0.2, 0.25) is 0 Å². The molecule has 0 spiro atoms. The summed E-state index contributed by atoms with van der Waals surface area (Å²) in [5.74, 6) is 1.59. The van der Waals surface area contributed by atoms with Crippen LogP contribution in [0, 0.1) is 12.3 Å². The van der Waals surface area contributed by atoms with E-state index >= 15 is 0 Å². The van der Waals surface area contributed by atoms with Crippen LogP contribution in [0.4, 0.5) is 4.79 Å². The van der Waals surface area contributed by atoms with Gasteiger partial charge in [0, 0.05) is 32.0 Å². The minimum absolute atomic E-state index is 0.0367. The summed E-state index contributed by atoms with van der Waals surface area (Å²) in [6, 6.07) is -0.157. The molecule has 5 nitrogen and oxygen atoms in total. The van der Waals surface area contributed by atoms with Crippen molar-refractivity contribution < 1.29 is 14.7 Å². The first kappa shape index (κ1) is 15.3. The van der Waals surface area contributed by atoms with E-state index in [1.54, 1.807) is 4.90 Å². The molecule has 0 atom stereocenters. The van der Waals surface area contributed by atoms with E-state index in [-0.39, 0.29) is 18.5 Å². The fraction of sp³-hybridized carbons (Fsp3) is 0.667. The minimum atomic E-state index is -0.846. The predicted octanol–water partition coefficient (Wildman–Crippen LogP) is 1.29. The first-order chi connectivity index (χ1) is 7.99. The summed E-state index contributed by atoms with van der Waals surface area (Å²) in [5, 5.41) is 11.2. The third-order valence-electron chi connectivity index (χ3n) is 2.22. The molecule has 17 heavy (non-hydrogen) atoms. The van der Waals surface area contributed by atoms with Crippen molar-refractivity contribution in [1.82, 2.24) is 10.2 Å². The highest BCUT2D eigenvalue weighted by Gasteiger charge is 2.16. The first-order valence-electron chi connectivity index (χ1n) is 5.68. The highest BCUT2D eigenvalue weighted by Crippen LogP contribution is 2.02. The van der Waals surface area contributed by atoms with Gasteiger partial charge < -0.3 is 15.3 Å². The quantitative estimate of drug-likeness (QED) is 0.520. The molecule has 0 saturated heterocycles. The lowest BCUT2D eigenvalue weighted by atomic mass is 10.2. The molecule has 2 amide bonds. The Hall–Kier alpha value is -1.70. The van der Waals surface area contributed by atoms with Gasteiger partial charge in [-0.1, -0.05) is 0 Å². The number of hydrogen-bond donors (Lipinski definition) is 2. The summed E-state index contributed by atoms with van der Waals surface area (Å²) in [6.07, 6.45) is 6.10. The van der Waals surface area contributed by atoms with Crippen LogP contribution in [-0.2, 0) is 4.79 Å². The molecule has 5 heteroatoms. The van der Waals surface area contributed by atoms with Crippen molar-refractivity contribution in [2.75, 3.05) is 13.1 Å². The van der Waals surface area contributed by atoms with Crippen LogP contribution in [-0.4, -0.2) is 41.1 Å². The molecule has 2 N–H and O–H groups in total. The number of urea groups is 1. The van der Waals surface area contributed by atoms with E-state index in [1.807, 2.05) is 13.8 Å². The maximum atomic E-state index is 11.7. The fourth-order valence-corrected chi connectivity index (χ4v) is 1.34. The number of amides is 2. The van der Waals surface area contributed by atoms with Crippen LogP contribution >= 0.6 is 0 Å². The summed E-state index contributed by atoms with van der Waals surface area (Å²) in [5.41, 5.74) is 0. The van der Waals surface area contributed by atoms with E-state index < -0.39 is 5.97 Å². The van der Waals surface area contributed by atoms with Crippen LogP contribution < -0.4 is 5.32 Å². The molecular formula is C12H20N2O3. The van der Waals surface area contributed by atoms with Gasteiger partial charge in [0.1, 0.15) is 0 Å². The van der Waals surface area contributed by atoms with Crippen molar-refractivity contribution in [1.29, 1.82) is 0 Å². The van der Waals surface area contributed by atoms with Gasteiger partial charge >= 0.3 is 12.0 Å². The molecular weight excluding hydrogens is 220 g/mol. The Balaban J connectivity index is 4.08. The lowest BCUT2D eigenvalue weighted by Gasteiger charge is -2.26. The predicted molar refractivity (Wildman–Crippen MR) is 65.6 cm³/mol. The van der Waals surface area contributed by atoms with Crippen LogP contribution in [0.1, 0.15) is 33.1 Å². The SMILES string of the molecule is C#CCCNC(=O)N(CCCC(=O)O)C(C)C. The van der Waals surface area contributed by atoms with Gasteiger partial charge in [0.25, 0.3) is 0 Å². The largest absolute Gasteiger partial charge is 0.481 e. The molecule has 96 valence electrons. The van der Waals surface area contributed by atoms with Crippen molar-refractivity contribution >= 4 is 12.0 Å². The van der Waals surface area contributed by atoms with Gasteiger partial charge in [-0.25, -0.2) is 4.79 Å². The highest BCUT2D eigenvalue weighted by molar-refractivity contribution is 5.74. The molecule has 0 aliphatic carbocycles. The first-order valence-corrected chi connectivity index (χ1v) is 5.68. The number of carboxylic acid groups (broad SMARTS) is 1. The van der Waals surface area contributed by atoms with E-state index in [1.165, 1.54) is 0 Å². The third-order valence-corrected chi connectivity index (χ3v) is 2.22. The monoisotopic (exact) mass is 240 g/mol. The van der Waals surface area contributed by atoms with Crippen LogP contribution in [0.3, 0.4) is 0 Å². The van der Waals surface area contributed by atoms with Gasteiger partial charge in [-0.3, -0.25) is 4.79 Å². The van der Waals surface area contributed by atoms with E-state index in [0.29, 0.717) is 25.9 Å². The van der Waals surface area contributed by atoms with Gasteiger partial charge in [-0.2, -0.15) is 0 Å². The number of carboxylic acids is 1. The highest BCUT2D eigenvalue weighted by atomic mass is 16.4. The van der Waals surface area contributed by atoms with Gasteiger partial charge in [0.05, 0.1) is 0 Å². The maximum absolute atomic E-state index is 11.7. The zero-order valence-corrected chi connectivity index (χ0v) is 10.4. The summed E-state index contributed by atoms with van der Waals surface area (Å²) < 4.78 is 0. The second kappa shape index (κ2) is 8.45. The van der Waals surface area contributed by atoms with Crippen LogP contribution in [0.25, 0.3) is 0 Å². The molecule has 0 unspecified atom stereocenters. The van der Waals surface area contributed by atoms with Gasteiger partial charge in [-0.05, 0) is 20.3 Å². The van der Waals surface area contributed by atoms with E-state index in [4.69, 9.17) is 11.5 Å². The van der Waals surface area contributed by atoms with Gasteiger partial charge in [0.15, 0.2) is 0 Å². The number of nitrogens with one attached hydrogen (secondary N) is 1.